The van der Waals surface area contributed by atoms with Crippen molar-refractivity contribution >= 4 is 12.0 Å². The van der Waals surface area contributed by atoms with Crippen molar-refractivity contribution in [2.75, 3.05) is 0 Å². The molecule has 0 aliphatic rings. The van der Waals surface area contributed by atoms with Crippen LogP contribution in [0.4, 0.5) is 0 Å². The molecule has 0 radical (unpaired) electrons. The number of aliphatic carboxylic acids is 1. The Kier molecular flexibility index (Phi) is 2.51. The van der Waals surface area contributed by atoms with E-state index in [1.807, 2.05) is 0 Å². The third-order valence-electron chi connectivity index (χ3n) is 1.79. The van der Waals surface area contributed by atoms with E-state index >= 15 is 0 Å². The number of carbonyl (C=O) groups is 1. The number of aryl methyl sites for hydroxylation is 2. The molecule has 0 aliphatic carbocycles. The number of aromatic nitrogens is 1. The summed E-state index contributed by atoms with van der Waals surface area (Å²) in [5.41, 5.74) is 1.73. The number of rotatable bonds is 2. The van der Waals surface area contributed by atoms with Crippen molar-refractivity contribution in [1.29, 1.82) is 0 Å². The number of carboxylic acid groups (broad SMARTS) is 1. The van der Waals surface area contributed by atoms with Gasteiger partial charge < -0.3 is 9.63 Å². The van der Waals surface area contributed by atoms with E-state index in [0.29, 0.717) is 11.5 Å². The fraction of sp³-hybridized carbons (Fsp3) is 0.333. The molecule has 0 bridgehead atoms. The second-order valence-electron chi connectivity index (χ2n) is 2.87. The Bertz CT molecular complexity index is 343. The van der Waals surface area contributed by atoms with Crippen LogP contribution in [0.15, 0.2) is 10.1 Å². The molecule has 0 amide bonds. The van der Waals surface area contributed by atoms with Crippen LogP contribution >= 0.6 is 0 Å². The maximum Gasteiger partial charge on any atom is 0.331 e. The van der Waals surface area contributed by atoms with Gasteiger partial charge in [0.15, 0.2) is 0 Å². The maximum atomic E-state index is 10.5. The van der Waals surface area contributed by atoms with Gasteiger partial charge in [0, 0.05) is 11.1 Å². The largest absolute Gasteiger partial charge is 0.478 e. The highest BCUT2D eigenvalue weighted by atomic mass is 16.5. The number of hydrogen-bond donors (Lipinski definition) is 1. The topological polar surface area (TPSA) is 63.3 Å². The van der Waals surface area contributed by atoms with Gasteiger partial charge in [-0.05, 0) is 26.8 Å². The van der Waals surface area contributed by atoms with E-state index in [-0.39, 0.29) is 5.57 Å². The molecule has 4 heteroatoms. The molecule has 0 saturated carbocycles. The SMILES string of the molecule is C/C(=C\c1c(C)noc1C)C(=O)O. The normalized spacial score (nSPS) is 11.8. The summed E-state index contributed by atoms with van der Waals surface area (Å²) in [6.07, 6.45) is 1.56. The number of hydrogen-bond acceptors (Lipinski definition) is 3. The summed E-state index contributed by atoms with van der Waals surface area (Å²) in [5, 5.41) is 12.4. The highest BCUT2D eigenvalue weighted by Crippen LogP contribution is 2.15. The average molecular weight is 181 g/mol. The predicted octanol–water partition coefficient (Wildman–Crippen LogP) is 1.78. The van der Waals surface area contributed by atoms with Crippen LogP contribution in [0.25, 0.3) is 6.08 Å². The van der Waals surface area contributed by atoms with E-state index in [4.69, 9.17) is 9.63 Å². The molecule has 1 N–H and O–H groups in total. The van der Waals surface area contributed by atoms with Gasteiger partial charge in [-0.25, -0.2) is 4.79 Å². The summed E-state index contributed by atoms with van der Waals surface area (Å²) in [4.78, 5) is 10.5. The monoisotopic (exact) mass is 181 g/mol. The Hall–Kier alpha value is -1.58. The highest BCUT2D eigenvalue weighted by molar-refractivity contribution is 5.91. The van der Waals surface area contributed by atoms with E-state index in [9.17, 15) is 4.79 Å². The minimum Gasteiger partial charge on any atom is -0.478 e. The second kappa shape index (κ2) is 3.43. The van der Waals surface area contributed by atoms with E-state index in [1.54, 1.807) is 19.9 Å². The number of carboxylic acids is 1. The quantitative estimate of drug-likeness (QED) is 0.706. The fourth-order valence-corrected chi connectivity index (χ4v) is 0.974. The molecule has 0 aromatic carbocycles. The van der Waals surface area contributed by atoms with Gasteiger partial charge in [-0.1, -0.05) is 5.16 Å². The molecule has 0 atom stereocenters. The summed E-state index contributed by atoms with van der Waals surface area (Å²) in [7, 11) is 0. The van der Waals surface area contributed by atoms with Crippen molar-refractivity contribution < 1.29 is 14.4 Å². The Labute approximate surface area is 75.9 Å². The van der Waals surface area contributed by atoms with Gasteiger partial charge in [0.2, 0.25) is 0 Å². The average Bonchev–Trinajstić information content (AvgIpc) is 2.35. The lowest BCUT2D eigenvalue weighted by Crippen LogP contribution is -1.95. The van der Waals surface area contributed by atoms with Crippen LogP contribution < -0.4 is 0 Å². The Balaban J connectivity index is 3.10. The van der Waals surface area contributed by atoms with Gasteiger partial charge in [-0.15, -0.1) is 0 Å². The Morgan fingerprint density at radius 3 is 2.54 bits per heavy atom. The zero-order valence-electron chi connectivity index (χ0n) is 7.79. The lowest BCUT2D eigenvalue weighted by atomic mass is 10.1. The van der Waals surface area contributed by atoms with Gasteiger partial charge >= 0.3 is 5.97 Å². The van der Waals surface area contributed by atoms with E-state index in [0.717, 1.165) is 5.56 Å². The van der Waals surface area contributed by atoms with Crippen molar-refractivity contribution in [2.24, 2.45) is 0 Å². The summed E-state index contributed by atoms with van der Waals surface area (Å²) in [6.45, 7) is 5.06. The smallest absolute Gasteiger partial charge is 0.331 e. The summed E-state index contributed by atoms with van der Waals surface area (Å²) in [6, 6.07) is 0. The van der Waals surface area contributed by atoms with Crippen LogP contribution in [0, 0.1) is 13.8 Å². The van der Waals surface area contributed by atoms with Crippen LogP contribution in [0.3, 0.4) is 0 Å². The molecule has 1 aromatic rings. The molecule has 4 nitrogen and oxygen atoms in total. The van der Waals surface area contributed by atoms with Gasteiger partial charge in [-0.2, -0.15) is 0 Å². The van der Waals surface area contributed by atoms with Crippen LogP contribution in [0.1, 0.15) is 23.9 Å². The van der Waals surface area contributed by atoms with Crippen molar-refractivity contribution in [1.82, 2.24) is 5.16 Å². The van der Waals surface area contributed by atoms with E-state index < -0.39 is 5.97 Å². The zero-order valence-corrected chi connectivity index (χ0v) is 7.79. The Morgan fingerprint density at radius 2 is 2.15 bits per heavy atom. The molecule has 0 saturated heterocycles. The van der Waals surface area contributed by atoms with Crippen LogP contribution in [-0.2, 0) is 4.79 Å². The third-order valence-corrected chi connectivity index (χ3v) is 1.79. The van der Waals surface area contributed by atoms with E-state index in [1.165, 1.54) is 6.92 Å². The number of nitrogens with zero attached hydrogens (tertiary/aromatic N) is 1. The first kappa shape index (κ1) is 9.51. The van der Waals surface area contributed by atoms with Gasteiger partial charge in [0.25, 0.3) is 0 Å². The molecule has 70 valence electrons. The van der Waals surface area contributed by atoms with Crippen molar-refractivity contribution in [3.63, 3.8) is 0 Å². The van der Waals surface area contributed by atoms with Crippen LogP contribution in [0.2, 0.25) is 0 Å². The molecule has 0 fully saturated rings. The lowest BCUT2D eigenvalue weighted by molar-refractivity contribution is -0.132. The molecule has 0 spiro atoms. The highest BCUT2D eigenvalue weighted by Gasteiger charge is 2.08. The summed E-state index contributed by atoms with van der Waals surface area (Å²) >= 11 is 0. The van der Waals surface area contributed by atoms with Gasteiger partial charge in [-0.3, -0.25) is 0 Å². The molecule has 13 heavy (non-hydrogen) atoms. The van der Waals surface area contributed by atoms with Crippen molar-refractivity contribution in [2.45, 2.75) is 20.8 Å². The molecular formula is C9H11NO3. The first-order valence-electron chi connectivity index (χ1n) is 3.87. The van der Waals surface area contributed by atoms with Gasteiger partial charge in [0.1, 0.15) is 5.76 Å². The molecule has 0 aliphatic heterocycles. The summed E-state index contributed by atoms with van der Waals surface area (Å²) in [5.74, 6) is -0.293. The van der Waals surface area contributed by atoms with Crippen molar-refractivity contribution in [3.8, 4) is 0 Å². The second-order valence-corrected chi connectivity index (χ2v) is 2.87. The van der Waals surface area contributed by atoms with E-state index in [2.05, 4.69) is 5.16 Å². The maximum absolute atomic E-state index is 10.5. The molecular weight excluding hydrogens is 170 g/mol. The molecule has 0 unspecified atom stereocenters. The molecule has 1 aromatic heterocycles. The molecule has 1 rings (SSSR count). The third kappa shape index (κ3) is 1.96. The van der Waals surface area contributed by atoms with Crippen LogP contribution in [-0.4, -0.2) is 16.2 Å². The molecule has 1 heterocycles. The first-order chi connectivity index (χ1) is 6.02. The minimum absolute atomic E-state index is 0.273. The fourth-order valence-electron chi connectivity index (χ4n) is 0.974. The van der Waals surface area contributed by atoms with Crippen LogP contribution in [0.5, 0.6) is 0 Å². The zero-order chi connectivity index (χ0) is 10.0. The summed E-state index contributed by atoms with van der Waals surface area (Å²) < 4.78 is 4.89. The van der Waals surface area contributed by atoms with Crippen molar-refractivity contribution in [3.05, 3.63) is 22.6 Å². The van der Waals surface area contributed by atoms with Gasteiger partial charge in [0.05, 0.1) is 5.69 Å². The first-order valence-corrected chi connectivity index (χ1v) is 3.87. The Morgan fingerprint density at radius 1 is 1.54 bits per heavy atom. The lowest BCUT2D eigenvalue weighted by Gasteiger charge is -1.92. The predicted molar refractivity (Wildman–Crippen MR) is 47.3 cm³/mol. The standard InChI is InChI=1S/C9H11NO3/c1-5(9(11)12)4-8-6(2)10-13-7(8)3/h4H,1-3H3,(H,11,12)/b5-4+. The minimum atomic E-state index is -0.931.